The van der Waals surface area contributed by atoms with Crippen LogP contribution in [-0.4, -0.2) is 40.1 Å². The summed E-state index contributed by atoms with van der Waals surface area (Å²) in [5.41, 5.74) is 2.39. The van der Waals surface area contributed by atoms with Crippen molar-refractivity contribution in [2.45, 2.75) is 18.9 Å². The fourth-order valence-electron chi connectivity index (χ4n) is 3.55. The van der Waals surface area contributed by atoms with Crippen LogP contribution in [0.2, 0.25) is 0 Å². The summed E-state index contributed by atoms with van der Waals surface area (Å²) in [6, 6.07) is 9.08. The van der Waals surface area contributed by atoms with Crippen LogP contribution in [0.25, 0.3) is 5.69 Å². The Hall–Kier alpha value is -1.81. The number of para-hydroxylation sites is 2. The van der Waals surface area contributed by atoms with Crippen LogP contribution in [0.15, 0.2) is 43.0 Å². The summed E-state index contributed by atoms with van der Waals surface area (Å²) >= 11 is 0. The molecular weight excluding hydrogens is 248 g/mol. The van der Waals surface area contributed by atoms with Crippen LogP contribution in [0.1, 0.15) is 12.8 Å². The molecule has 0 aliphatic carbocycles. The number of nitrogens with one attached hydrogen (secondary N) is 1. The summed E-state index contributed by atoms with van der Waals surface area (Å²) in [5, 5.41) is 3.78. The Labute approximate surface area is 119 Å². The quantitative estimate of drug-likeness (QED) is 0.928. The van der Waals surface area contributed by atoms with Crippen molar-refractivity contribution in [1.82, 2.24) is 14.5 Å². The number of nitrogens with zero attached hydrogens (tertiary/aromatic N) is 3. The highest BCUT2D eigenvalue weighted by atomic mass is 15.2. The smallest absolute Gasteiger partial charge is 0.0992 e. The number of benzene rings is 1. The summed E-state index contributed by atoms with van der Waals surface area (Å²) in [7, 11) is 0. The Morgan fingerprint density at radius 3 is 2.70 bits per heavy atom. The molecule has 1 N–H and O–H groups in total. The second-order valence-electron chi connectivity index (χ2n) is 5.88. The van der Waals surface area contributed by atoms with Gasteiger partial charge < -0.3 is 14.8 Å². The highest BCUT2D eigenvalue weighted by Crippen LogP contribution is 2.31. The first-order chi connectivity index (χ1) is 9.90. The molecule has 3 fully saturated rings. The Morgan fingerprint density at radius 1 is 1.15 bits per heavy atom. The van der Waals surface area contributed by atoms with E-state index in [0.29, 0.717) is 6.04 Å². The van der Waals surface area contributed by atoms with Crippen LogP contribution in [0.4, 0.5) is 5.69 Å². The average Bonchev–Trinajstić information content (AvgIpc) is 3.03. The standard InChI is InChI=1S/C16H20N4/c1-2-4-16(20-10-7-17-12-20)14(3-1)18-15-11-19-8-5-13(15)6-9-19/h1-4,7,10,12-13,15,18H,5-6,8-9,11H2. The van der Waals surface area contributed by atoms with Gasteiger partial charge in [0.15, 0.2) is 0 Å². The van der Waals surface area contributed by atoms with Crippen LogP contribution in [0.5, 0.6) is 0 Å². The predicted molar refractivity (Wildman–Crippen MR) is 80.1 cm³/mol. The third-order valence-electron chi connectivity index (χ3n) is 4.68. The molecular formula is C16H20N4. The van der Waals surface area contributed by atoms with Crippen molar-refractivity contribution in [3.63, 3.8) is 0 Å². The maximum absolute atomic E-state index is 4.15. The molecule has 3 saturated heterocycles. The predicted octanol–water partition coefficient (Wildman–Crippen LogP) is 2.38. The van der Waals surface area contributed by atoms with Gasteiger partial charge in [0, 0.05) is 25.0 Å². The molecule has 1 unspecified atom stereocenters. The fourth-order valence-corrected chi connectivity index (χ4v) is 3.55. The first kappa shape index (κ1) is 12.0. The van der Waals surface area contributed by atoms with E-state index in [-0.39, 0.29) is 0 Å². The van der Waals surface area contributed by atoms with Crippen molar-refractivity contribution in [2.75, 3.05) is 25.0 Å². The number of fused-ring (bicyclic) bond motifs is 3. The van der Waals surface area contributed by atoms with Gasteiger partial charge in [-0.15, -0.1) is 0 Å². The SMILES string of the molecule is c1ccc(-n2ccnc2)c(NC2CN3CCC2CC3)c1. The Morgan fingerprint density at radius 2 is 2.00 bits per heavy atom. The van der Waals surface area contributed by atoms with E-state index in [1.165, 1.54) is 43.9 Å². The molecule has 1 aromatic heterocycles. The number of imidazole rings is 1. The molecule has 4 heterocycles. The Bertz CT molecular complexity index is 570. The van der Waals surface area contributed by atoms with E-state index in [1.54, 1.807) is 0 Å². The minimum atomic E-state index is 0.585. The van der Waals surface area contributed by atoms with Crippen molar-refractivity contribution >= 4 is 5.69 Å². The minimum absolute atomic E-state index is 0.585. The van der Waals surface area contributed by atoms with Gasteiger partial charge in [0.05, 0.1) is 17.7 Å². The third-order valence-corrected chi connectivity index (χ3v) is 4.68. The van der Waals surface area contributed by atoms with E-state index in [4.69, 9.17) is 0 Å². The number of rotatable bonds is 3. The molecule has 3 aliphatic heterocycles. The fraction of sp³-hybridized carbons (Fsp3) is 0.438. The van der Waals surface area contributed by atoms with Crippen molar-refractivity contribution in [2.24, 2.45) is 5.92 Å². The van der Waals surface area contributed by atoms with Crippen molar-refractivity contribution in [1.29, 1.82) is 0 Å². The topological polar surface area (TPSA) is 33.1 Å². The summed E-state index contributed by atoms with van der Waals surface area (Å²) < 4.78 is 2.07. The number of piperidine rings is 3. The van der Waals surface area contributed by atoms with E-state index in [9.17, 15) is 0 Å². The zero-order valence-electron chi connectivity index (χ0n) is 11.6. The van der Waals surface area contributed by atoms with Crippen LogP contribution in [0.3, 0.4) is 0 Å². The van der Waals surface area contributed by atoms with Crippen LogP contribution < -0.4 is 5.32 Å². The highest BCUT2D eigenvalue weighted by Gasteiger charge is 2.34. The Balaban J connectivity index is 1.60. The number of hydrogen-bond donors (Lipinski definition) is 1. The van der Waals surface area contributed by atoms with Gasteiger partial charge >= 0.3 is 0 Å². The normalized spacial score (nSPS) is 28.5. The molecule has 1 atom stereocenters. The molecule has 2 aromatic rings. The molecule has 0 amide bonds. The number of hydrogen-bond acceptors (Lipinski definition) is 3. The van der Waals surface area contributed by atoms with Gasteiger partial charge in [-0.25, -0.2) is 4.98 Å². The van der Waals surface area contributed by atoms with Gasteiger partial charge in [-0.2, -0.15) is 0 Å². The van der Waals surface area contributed by atoms with Gasteiger partial charge in [-0.3, -0.25) is 0 Å². The summed E-state index contributed by atoms with van der Waals surface area (Å²) in [4.78, 5) is 6.73. The lowest BCUT2D eigenvalue weighted by molar-refractivity contribution is 0.0975. The Kier molecular flexibility index (Phi) is 2.96. The van der Waals surface area contributed by atoms with Crippen LogP contribution in [-0.2, 0) is 0 Å². The first-order valence-corrected chi connectivity index (χ1v) is 7.46. The molecule has 0 saturated carbocycles. The van der Waals surface area contributed by atoms with Gasteiger partial charge in [-0.1, -0.05) is 12.1 Å². The molecule has 1 aromatic carbocycles. The minimum Gasteiger partial charge on any atom is -0.379 e. The number of anilines is 1. The second-order valence-corrected chi connectivity index (χ2v) is 5.88. The van der Waals surface area contributed by atoms with Crippen molar-refractivity contribution in [3.05, 3.63) is 43.0 Å². The molecule has 5 rings (SSSR count). The van der Waals surface area contributed by atoms with E-state index in [0.717, 1.165) is 5.92 Å². The van der Waals surface area contributed by atoms with Crippen LogP contribution in [0, 0.1) is 5.92 Å². The molecule has 0 radical (unpaired) electrons. The van der Waals surface area contributed by atoms with E-state index < -0.39 is 0 Å². The first-order valence-electron chi connectivity index (χ1n) is 7.46. The lowest BCUT2D eigenvalue weighted by atomic mass is 9.84. The van der Waals surface area contributed by atoms with E-state index in [1.807, 2.05) is 18.7 Å². The molecule has 104 valence electrons. The lowest BCUT2D eigenvalue weighted by Crippen LogP contribution is -2.53. The van der Waals surface area contributed by atoms with Gasteiger partial charge in [0.2, 0.25) is 0 Å². The molecule has 4 heteroatoms. The third kappa shape index (κ3) is 2.10. The summed E-state index contributed by atoms with van der Waals surface area (Å²) in [6.07, 6.45) is 8.36. The van der Waals surface area contributed by atoms with Crippen LogP contribution >= 0.6 is 0 Å². The monoisotopic (exact) mass is 268 g/mol. The van der Waals surface area contributed by atoms with Gasteiger partial charge in [0.25, 0.3) is 0 Å². The summed E-state index contributed by atoms with van der Waals surface area (Å²) in [6.45, 7) is 3.75. The molecule has 3 aliphatic rings. The molecule has 0 spiro atoms. The number of aromatic nitrogens is 2. The van der Waals surface area contributed by atoms with E-state index >= 15 is 0 Å². The zero-order chi connectivity index (χ0) is 13.4. The highest BCUT2D eigenvalue weighted by molar-refractivity contribution is 5.61. The molecule has 20 heavy (non-hydrogen) atoms. The summed E-state index contributed by atoms with van der Waals surface area (Å²) in [5.74, 6) is 0.829. The second kappa shape index (κ2) is 4.94. The van der Waals surface area contributed by atoms with Gasteiger partial charge in [0.1, 0.15) is 0 Å². The largest absolute Gasteiger partial charge is 0.379 e. The maximum atomic E-state index is 4.15. The lowest BCUT2D eigenvalue weighted by Gasteiger charge is -2.45. The van der Waals surface area contributed by atoms with E-state index in [2.05, 4.69) is 44.0 Å². The van der Waals surface area contributed by atoms with Crippen molar-refractivity contribution < 1.29 is 0 Å². The van der Waals surface area contributed by atoms with Gasteiger partial charge in [-0.05, 0) is 44.0 Å². The molecule has 2 bridgehead atoms. The van der Waals surface area contributed by atoms with Crippen molar-refractivity contribution in [3.8, 4) is 5.69 Å². The zero-order valence-corrected chi connectivity index (χ0v) is 11.6. The molecule has 4 nitrogen and oxygen atoms in total. The average molecular weight is 268 g/mol. The maximum Gasteiger partial charge on any atom is 0.0992 e.